The lowest BCUT2D eigenvalue weighted by atomic mass is 9.78. The first kappa shape index (κ1) is 16.1. The monoisotopic (exact) mass is 297 g/mol. The van der Waals surface area contributed by atoms with E-state index in [9.17, 15) is 4.79 Å². The minimum atomic E-state index is -0.605. The molecule has 0 radical (unpaired) electrons. The van der Waals surface area contributed by atoms with Crippen molar-refractivity contribution in [3.63, 3.8) is 0 Å². The van der Waals surface area contributed by atoms with Crippen molar-refractivity contribution in [3.05, 3.63) is 59.7 Å². The highest BCUT2D eigenvalue weighted by molar-refractivity contribution is 5.71. The zero-order chi connectivity index (χ0) is 16.2. The fourth-order valence-electron chi connectivity index (χ4n) is 2.65. The zero-order valence-corrected chi connectivity index (χ0v) is 13.7. The molecule has 2 aromatic rings. The number of methoxy groups -OCH3 is 1. The van der Waals surface area contributed by atoms with Gasteiger partial charge in [-0.2, -0.15) is 0 Å². The van der Waals surface area contributed by atoms with E-state index in [1.165, 1.54) is 0 Å². The van der Waals surface area contributed by atoms with Crippen LogP contribution in [0.2, 0.25) is 0 Å². The summed E-state index contributed by atoms with van der Waals surface area (Å²) in [5.74, 6) is 0.752. The van der Waals surface area contributed by atoms with E-state index >= 15 is 0 Å². The normalized spacial score (nSPS) is 13.3. The van der Waals surface area contributed by atoms with Gasteiger partial charge in [-0.25, -0.2) is 0 Å². The minimum absolute atomic E-state index is 0.605. The van der Waals surface area contributed by atoms with Gasteiger partial charge in [0.25, 0.3) is 0 Å². The number of nitrogens with zero attached hydrogens (tertiary/aromatic N) is 1. The van der Waals surface area contributed by atoms with Crippen molar-refractivity contribution in [2.24, 2.45) is 0 Å². The van der Waals surface area contributed by atoms with Gasteiger partial charge >= 0.3 is 0 Å². The number of aldehydes is 1. The van der Waals surface area contributed by atoms with Crippen LogP contribution in [0.4, 0.5) is 5.69 Å². The first-order valence-corrected chi connectivity index (χ1v) is 7.36. The molecule has 0 amide bonds. The van der Waals surface area contributed by atoms with Crippen LogP contribution in [0.15, 0.2) is 48.5 Å². The summed E-state index contributed by atoms with van der Waals surface area (Å²) in [5.41, 5.74) is 2.59. The van der Waals surface area contributed by atoms with Gasteiger partial charge in [-0.1, -0.05) is 30.3 Å². The molecule has 0 aliphatic heterocycles. The van der Waals surface area contributed by atoms with Crippen molar-refractivity contribution in [2.45, 2.75) is 18.8 Å². The molecule has 0 bridgehead atoms. The maximum atomic E-state index is 11.8. The molecule has 3 heteroatoms. The van der Waals surface area contributed by atoms with E-state index in [1.807, 2.05) is 45.3 Å². The maximum Gasteiger partial charge on any atom is 0.130 e. The summed E-state index contributed by atoms with van der Waals surface area (Å²) in [7, 11) is 5.66. The summed E-state index contributed by atoms with van der Waals surface area (Å²) in [6, 6.07) is 16.0. The first-order chi connectivity index (χ1) is 10.5. The number of rotatable bonds is 6. The molecule has 116 valence electrons. The van der Waals surface area contributed by atoms with E-state index < -0.39 is 5.41 Å². The van der Waals surface area contributed by atoms with E-state index in [1.54, 1.807) is 7.11 Å². The zero-order valence-electron chi connectivity index (χ0n) is 13.7. The molecule has 0 aromatic heterocycles. The predicted octanol–water partition coefficient (Wildman–Crippen LogP) is 3.46. The third-order valence-corrected chi connectivity index (χ3v) is 4.01. The highest BCUT2D eigenvalue weighted by Crippen LogP contribution is 2.33. The molecular weight excluding hydrogens is 274 g/mol. The molecule has 2 aromatic carbocycles. The van der Waals surface area contributed by atoms with Gasteiger partial charge in [-0.15, -0.1) is 0 Å². The molecule has 22 heavy (non-hydrogen) atoms. The van der Waals surface area contributed by atoms with Gasteiger partial charge in [-0.3, -0.25) is 0 Å². The lowest BCUT2D eigenvalue weighted by Crippen LogP contribution is -2.27. The van der Waals surface area contributed by atoms with Gasteiger partial charge in [0.2, 0.25) is 0 Å². The van der Waals surface area contributed by atoms with Crippen LogP contribution < -0.4 is 9.64 Å². The lowest BCUT2D eigenvalue weighted by molar-refractivity contribution is -0.112. The van der Waals surface area contributed by atoms with Crippen LogP contribution in [0.25, 0.3) is 0 Å². The Morgan fingerprint density at radius 2 is 1.73 bits per heavy atom. The van der Waals surface area contributed by atoms with Crippen molar-refractivity contribution in [3.8, 4) is 5.75 Å². The average molecular weight is 297 g/mol. The largest absolute Gasteiger partial charge is 0.496 e. The smallest absolute Gasteiger partial charge is 0.130 e. The molecule has 0 aliphatic rings. The Morgan fingerprint density at radius 3 is 2.27 bits per heavy atom. The molecule has 0 spiro atoms. The standard InChI is InChI=1S/C19H23NO2/c1-19(14-21,17-7-5-6-8-18(17)22-4)13-15-9-11-16(12-10-15)20(2)3/h5-12,14H,13H2,1-4H3. The topological polar surface area (TPSA) is 29.5 Å². The van der Waals surface area contributed by atoms with Crippen LogP contribution in [-0.4, -0.2) is 27.5 Å². The SMILES string of the molecule is COc1ccccc1C(C)(C=O)Cc1ccc(N(C)C)cc1. The Labute approximate surface area is 132 Å². The molecule has 0 saturated carbocycles. The van der Waals surface area contributed by atoms with Gasteiger partial charge in [0.15, 0.2) is 0 Å². The van der Waals surface area contributed by atoms with E-state index in [2.05, 4.69) is 29.2 Å². The van der Waals surface area contributed by atoms with Crippen molar-refractivity contribution in [2.75, 3.05) is 26.1 Å². The van der Waals surface area contributed by atoms with Crippen LogP contribution in [-0.2, 0) is 16.6 Å². The van der Waals surface area contributed by atoms with Gasteiger partial charge in [0.1, 0.15) is 12.0 Å². The van der Waals surface area contributed by atoms with Crippen LogP contribution in [0, 0.1) is 0 Å². The van der Waals surface area contributed by atoms with Crippen molar-refractivity contribution in [1.29, 1.82) is 0 Å². The molecule has 1 atom stereocenters. The molecule has 0 aliphatic carbocycles. The number of hydrogen-bond donors (Lipinski definition) is 0. The van der Waals surface area contributed by atoms with Gasteiger partial charge in [-0.05, 0) is 37.1 Å². The number of carbonyl (C=O) groups is 1. The number of carbonyl (C=O) groups excluding carboxylic acids is 1. The second kappa shape index (κ2) is 6.65. The third-order valence-electron chi connectivity index (χ3n) is 4.01. The maximum absolute atomic E-state index is 11.8. The second-order valence-electron chi connectivity index (χ2n) is 5.97. The van der Waals surface area contributed by atoms with Crippen LogP contribution in [0.3, 0.4) is 0 Å². The fraction of sp³-hybridized carbons (Fsp3) is 0.316. The molecule has 0 saturated heterocycles. The Hall–Kier alpha value is -2.29. The van der Waals surface area contributed by atoms with Crippen molar-refractivity contribution < 1.29 is 9.53 Å². The number of para-hydroxylation sites is 1. The van der Waals surface area contributed by atoms with Gasteiger partial charge in [0.05, 0.1) is 12.5 Å². The number of ether oxygens (including phenoxy) is 1. The van der Waals surface area contributed by atoms with E-state index in [0.29, 0.717) is 6.42 Å². The van der Waals surface area contributed by atoms with Crippen molar-refractivity contribution >= 4 is 12.0 Å². The second-order valence-corrected chi connectivity index (χ2v) is 5.97. The number of benzene rings is 2. The molecule has 2 rings (SSSR count). The summed E-state index contributed by atoms with van der Waals surface area (Å²) < 4.78 is 5.42. The highest BCUT2D eigenvalue weighted by atomic mass is 16.5. The number of hydrogen-bond acceptors (Lipinski definition) is 3. The van der Waals surface area contributed by atoms with Crippen LogP contribution in [0.5, 0.6) is 5.75 Å². The molecule has 1 unspecified atom stereocenters. The fourth-order valence-corrected chi connectivity index (χ4v) is 2.65. The number of anilines is 1. The Bertz CT molecular complexity index is 634. The summed E-state index contributed by atoms with van der Waals surface area (Å²) in [4.78, 5) is 13.9. The average Bonchev–Trinajstić information content (AvgIpc) is 2.55. The van der Waals surface area contributed by atoms with Gasteiger partial charge in [0, 0.05) is 25.3 Å². The lowest BCUT2D eigenvalue weighted by Gasteiger charge is -2.26. The van der Waals surface area contributed by atoms with E-state index in [-0.39, 0.29) is 0 Å². The molecular formula is C19H23NO2. The molecule has 3 nitrogen and oxygen atoms in total. The molecule has 0 heterocycles. The Balaban J connectivity index is 2.32. The Morgan fingerprint density at radius 1 is 1.09 bits per heavy atom. The van der Waals surface area contributed by atoms with E-state index in [0.717, 1.165) is 28.8 Å². The predicted molar refractivity (Wildman–Crippen MR) is 90.9 cm³/mol. The minimum Gasteiger partial charge on any atom is -0.496 e. The van der Waals surface area contributed by atoms with Crippen molar-refractivity contribution in [1.82, 2.24) is 0 Å². The first-order valence-electron chi connectivity index (χ1n) is 7.36. The van der Waals surface area contributed by atoms with Gasteiger partial charge < -0.3 is 14.4 Å². The Kier molecular flexibility index (Phi) is 4.86. The van der Waals surface area contributed by atoms with Crippen LogP contribution in [0.1, 0.15) is 18.1 Å². The summed E-state index contributed by atoms with van der Waals surface area (Å²) in [6.07, 6.45) is 1.66. The summed E-state index contributed by atoms with van der Waals surface area (Å²) >= 11 is 0. The highest BCUT2D eigenvalue weighted by Gasteiger charge is 2.29. The quantitative estimate of drug-likeness (QED) is 0.765. The van der Waals surface area contributed by atoms with E-state index in [4.69, 9.17) is 4.74 Å². The summed E-state index contributed by atoms with van der Waals surface area (Å²) in [5, 5.41) is 0. The molecule has 0 fully saturated rings. The molecule has 0 N–H and O–H groups in total. The van der Waals surface area contributed by atoms with Crippen LogP contribution >= 0.6 is 0 Å². The third kappa shape index (κ3) is 3.30. The summed E-state index contributed by atoms with van der Waals surface area (Å²) in [6.45, 7) is 1.96.